The lowest BCUT2D eigenvalue weighted by Gasteiger charge is -2.33. The lowest BCUT2D eigenvalue weighted by atomic mass is 9.96. The van der Waals surface area contributed by atoms with Crippen molar-refractivity contribution in [1.82, 2.24) is 9.62 Å². The highest BCUT2D eigenvalue weighted by Gasteiger charge is 2.30. The Morgan fingerprint density at radius 1 is 0.882 bits per heavy atom. The van der Waals surface area contributed by atoms with E-state index in [9.17, 15) is 26.8 Å². The molecule has 3 aromatic carbocycles. The smallest absolute Gasteiger partial charge is 0.254 e. The van der Waals surface area contributed by atoms with Crippen LogP contribution in [0.2, 0.25) is 0 Å². The monoisotopic (exact) mass is 484 g/mol. The molecule has 3 aromatic rings. The Bertz CT molecular complexity index is 1330. The third kappa shape index (κ3) is 5.21. The molecule has 6 nitrogen and oxygen atoms in total. The summed E-state index contributed by atoms with van der Waals surface area (Å²) in [5.74, 6) is -1.95. The molecule has 34 heavy (non-hydrogen) atoms. The molecule has 0 spiro atoms. The van der Waals surface area contributed by atoms with E-state index >= 15 is 0 Å². The van der Waals surface area contributed by atoms with Gasteiger partial charge in [-0.05, 0) is 61.4 Å². The van der Waals surface area contributed by atoms with Crippen molar-refractivity contribution in [1.29, 1.82) is 0 Å². The first kappa shape index (κ1) is 23.7. The average molecular weight is 485 g/mol. The number of hydrogen-bond donors (Lipinski definition) is 1. The van der Waals surface area contributed by atoms with Crippen LogP contribution in [0.25, 0.3) is 0 Å². The van der Waals surface area contributed by atoms with E-state index in [0.29, 0.717) is 19.4 Å². The normalized spacial score (nSPS) is 16.3. The van der Waals surface area contributed by atoms with E-state index in [2.05, 4.69) is 4.72 Å². The summed E-state index contributed by atoms with van der Waals surface area (Å²) in [6.45, 7) is 0.503. The van der Waals surface area contributed by atoms with Gasteiger partial charge in [-0.2, -0.15) is 0 Å². The summed E-state index contributed by atoms with van der Waals surface area (Å²) in [5, 5.41) is 0. The van der Waals surface area contributed by atoms with Gasteiger partial charge in [0.15, 0.2) is 5.78 Å². The second-order valence-electron chi connectivity index (χ2n) is 8.05. The van der Waals surface area contributed by atoms with Crippen LogP contribution in [0.15, 0.2) is 77.7 Å². The highest BCUT2D eigenvalue weighted by atomic mass is 32.2. The maximum atomic E-state index is 13.5. The second kappa shape index (κ2) is 9.82. The van der Waals surface area contributed by atoms with Crippen LogP contribution < -0.4 is 4.72 Å². The van der Waals surface area contributed by atoms with E-state index < -0.39 is 39.4 Å². The number of amides is 1. The van der Waals surface area contributed by atoms with Crippen LogP contribution in [0.3, 0.4) is 0 Å². The van der Waals surface area contributed by atoms with E-state index in [1.54, 1.807) is 18.2 Å². The minimum atomic E-state index is -3.97. The van der Waals surface area contributed by atoms with Crippen molar-refractivity contribution < 1.29 is 26.8 Å². The van der Waals surface area contributed by atoms with Gasteiger partial charge in [0.05, 0.1) is 10.5 Å². The maximum Gasteiger partial charge on any atom is 0.254 e. The molecule has 1 heterocycles. The maximum absolute atomic E-state index is 13.5. The number of rotatable bonds is 6. The van der Waals surface area contributed by atoms with E-state index in [0.717, 1.165) is 12.1 Å². The zero-order valence-electron chi connectivity index (χ0n) is 18.1. The van der Waals surface area contributed by atoms with E-state index in [-0.39, 0.29) is 28.1 Å². The summed E-state index contributed by atoms with van der Waals surface area (Å²) in [6.07, 6.45) is 1.06. The van der Waals surface area contributed by atoms with Crippen LogP contribution >= 0.6 is 0 Å². The van der Waals surface area contributed by atoms with Gasteiger partial charge in [0.2, 0.25) is 10.0 Å². The van der Waals surface area contributed by atoms with Gasteiger partial charge in [-0.15, -0.1) is 0 Å². The third-order valence-corrected chi connectivity index (χ3v) is 7.16. The van der Waals surface area contributed by atoms with Crippen molar-refractivity contribution in [2.75, 3.05) is 13.1 Å². The van der Waals surface area contributed by atoms with Crippen LogP contribution in [0, 0.1) is 11.6 Å². The molecule has 0 aliphatic carbocycles. The largest absolute Gasteiger partial charge is 0.337 e. The van der Waals surface area contributed by atoms with Crippen LogP contribution in [-0.4, -0.2) is 44.1 Å². The number of nitrogens with one attached hydrogen (secondary N) is 1. The molecule has 1 aliphatic rings. The number of hydrogen-bond acceptors (Lipinski definition) is 4. The third-order valence-electron chi connectivity index (χ3n) is 5.65. The number of likely N-dealkylation sites (tertiary alicyclic amines) is 1. The molecular weight excluding hydrogens is 462 g/mol. The van der Waals surface area contributed by atoms with Gasteiger partial charge in [0, 0.05) is 30.3 Å². The van der Waals surface area contributed by atoms with Gasteiger partial charge < -0.3 is 4.90 Å². The Labute approximate surface area is 196 Å². The standard InChI is InChI=1S/C25H22F2N2O4S/c26-18-12-10-17(11-13-18)24(30)22-8-1-2-9-23(22)25(31)29-14-4-6-20(16-29)28-34(32,33)21-7-3-5-19(27)15-21/h1-3,5,7-13,15,20,28H,4,6,14,16H2. The molecule has 1 amide bonds. The molecule has 176 valence electrons. The number of piperidine rings is 1. The molecule has 4 rings (SSSR count). The van der Waals surface area contributed by atoms with Crippen LogP contribution in [0.5, 0.6) is 0 Å². The highest BCUT2D eigenvalue weighted by Crippen LogP contribution is 2.21. The molecule has 1 atom stereocenters. The van der Waals surface area contributed by atoms with Crippen LogP contribution in [-0.2, 0) is 10.0 Å². The Hall–Kier alpha value is -3.43. The van der Waals surface area contributed by atoms with Crippen LogP contribution in [0.1, 0.15) is 39.1 Å². The van der Waals surface area contributed by atoms with Crippen molar-refractivity contribution in [3.8, 4) is 0 Å². The predicted octanol–water partition coefficient (Wildman–Crippen LogP) is 3.78. The summed E-state index contributed by atoms with van der Waals surface area (Å²) < 4.78 is 54.6. The summed E-state index contributed by atoms with van der Waals surface area (Å²) in [4.78, 5) is 27.6. The number of sulfonamides is 1. The Morgan fingerprint density at radius 3 is 2.29 bits per heavy atom. The molecule has 1 aliphatic heterocycles. The van der Waals surface area contributed by atoms with Crippen molar-refractivity contribution in [3.05, 3.63) is 101 Å². The van der Waals surface area contributed by atoms with Gasteiger partial charge in [-0.1, -0.05) is 24.3 Å². The van der Waals surface area contributed by atoms with E-state index in [4.69, 9.17) is 0 Å². The number of halogens is 2. The highest BCUT2D eigenvalue weighted by molar-refractivity contribution is 7.89. The number of carbonyl (C=O) groups excluding carboxylic acids is 2. The van der Waals surface area contributed by atoms with E-state index in [1.165, 1.54) is 47.4 Å². The lowest BCUT2D eigenvalue weighted by Crippen LogP contribution is -2.49. The van der Waals surface area contributed by atoms with Gasteiger partial charge >= 0.3 is 0 Å². The zero-order chi connectivity index (χ0) is 24.3. The summed E-state index contributed by atoms with van der Waals surface area (Å²) in [5.41, 5.74) is 0.619. The number of carbonyl (C=O) groups is 2. The zero-order valence-corrected chi connectivity index (χ0v) is 18.9. The minimum absolute atomic E-state index is 0.104. The fourth-order valence-electron chi connectivity index (χ4n) is 3.97. The molecule has 0 saturated carbocycles. The first-order chi connectivity index (χ1) is 16.2. The summed E-state index contributed by atoms with van der Waals surface area (Å²) in [6, 6.07) is 15.6. The topological polar surface area (TPSA) is 83.6 Å². The SMILES string of the molecule is O=C(c1ccc(F)cc1)c1ccccc1C(=O)N1CCCC(NS(=O)(=O)c2cccc(F)c2)C1. The molecule has 0 radical (unpaired) electrons. The molecule has 1 fully saturated rings. The first-order valence-electron chi connectivity index (χ1n) is 10.7. The van der Waals surface area contributed by atoms with Crippen molar-refractivity contribution in [2.24, 2.45) is 0 Å². The van der Waals surface area contributed by atoms with Crippen molar-refractivity contribution in [3.63, 3.8) is 0 Å². The van der Waals surface area contributed by atoms with Gasteiger partial charge in [0.25, 0.3) is 5.91 Å². The van der Waals surface area contributed by atoms with Crippen molar-refractivity contribution in [2.45, 2.75) is 23.8 Å². The molecule has 1 saturated heterocycles. The van der Waals surface area contributed by atoms with Crippen LogP contribution in [0.4, 0.5) is 8.78 Å². The quantitative estimate of drug-likeness (QED) is 0.540. The fourth-order valence-corrected chi connectivity index (χ4v) is 5.27. The first-order valence-corrected chi connectivity index (χ1v) is 12.2. The molecular formula is C25H22F2N2O4S. The molecule has 9 heteroatoms. The summed E-state index contributed by atoms with van der Waals surface area (Å²) >= 11 is 0. The molecule has 1 unspecified atom stereocenters. The minimum Gasteiger partial charge on any atom is -0.337 e. The Balaban J connectivity index is 1.53. The Morgan fingerprint density at radius 2 is 1.59 bits per heavy atom. The second-order valence-corrected chi connectivity index (χ2v) is 9.76. The number of benzene rings is 3. The molecule has 1 N–H and O–H groups in total. The van der Waals surface area contributed by atoms with Gasteiger partial charge in [0.1, 0.15) is 11.6 Å². The van der Waals surface area contributed by atoms with Gasteiger partial charge in [-0.25, -0.2) is 21.9 Å². The van der Waals surface area contributed by atoms with E-state index in [1.807, 2.05) is 0 Å². The number of nitrogens with zero attached hydrogens (tertiary/aromatic N) is 1. The Kier molecular flexibility index (Phi) is 6.85. The lowest BCUT2D eigenvalue weighted by molar-refractivity contribution is 0.0699. The average Bonchev–Trinajstić information content (AvgIpc) is 2.83. The van der Waals surface area contributed by atoms with Gasteiger partial charge in [-0.3, -0.25) is 9.59 Å². The molecule has 0 bridgehead atoms. The number of ketones is 1. The molecule has 0 aromatic heterocycles. The predicted molar refractivity (Wildman–Crippen MR) is 122 cm³/mol. The fraction of sp³-hybridized carbons (Fsp3) is 0.200. The summed E-state index contributed by atoms with van der Waals surface area (Å²) in [7, 11) is -3.97. The van der Waals surface area contributed by atoms with Crippen molar-refractivity contribution >= 4 is 21.7 Å².